The lowest BCUT2D eigenvalue weighted by molar-refractivity contribution is -0.0374. The van der Waals surface area contributed by atoms with Crippen LogP contribution >= 0.6 is 23.4 Å². The van der Waals surface area contributed by atoms with E-state index in [1.807, 2.05) is 0 Å². The summed E-state index contributed by atoms with van der Waals surface area (Å²) in [6.07, 6.45) is 8.02. The number of morpholine rings is 1. The van der Waals surface area contributed by atoms with Gasteiger partial charge in [-0.25, -0.2) is 4.42 Å². The molecule has 6 heteroatoms. The van der Waals surface area contributed by atoms with Crippen molar-refractivity contribution in [3.63, 3.8) is 0 Å². The van der Waals surface area contributed by atoms with E-state index in [4.69, 9.17) is 28.1 Å². The van der Waals surface area contributed by atoms with Gasteiger partial charge in [0.25, 0.3) is 0 Å². The molecule has 2 rings (SSSR count). The summed E-state index contributed by atoms with van der Waals surface area (Å²) in [4.78, 5) is 0. The Morgan fingerprint density at radius 3 is 2.36 bits per heavy atom. The molecule has 2 fully saturated rings. The van der Waals surface area contributed by atoms with Crippen LogP contribution in [-0.2, 0) is 4.74 Å². The van der Waals surface area contributed by atoms with Crippen LogP contribution in [0.5, 0.6) is 0 Å². The molecule has 0 radical (unpaired) electrons. The standard InChI is InChI=1S/C19H37Cl2N3O/c1-17(2)13-16(14-18(3,4)23-17)22-10-8-6-5-7-9-19(20)15-24(21)11-12-25-19/h16,22-23H,5-15H2,1-4H3. The Morgan fingerprint density at radius 1 is 1.08 bits per heavy atom. The minimum Gasteiger partial charge on any atom is -0.357 e. The summed E-state index contributed by atoms with van der Waals surface area (Å²) in [6, 6.07) is 0.614. The molecule has 2 saturated heterocycles. The van der Waals surface area contributed by atoms with Crippen LogP contribution in [0.4, 0.5) is 0 Å². The molecule has 1 unspecified atom stereocenters. The molecule has 2 aliphatic rings. The Kier molecular flexibility index (Phi) is 7.88. The molecule has 2 aliphatic heterocycles. The predicted molar refractivity (Wildman–Crippen MR) is 107 cm³/mol. The molecule has 4 nitrogen and oxygen atoms in total. The van der Waals surface area contributed by atoms with Gasteiger partial charge < -0.3 is 15.4 Å². The third-order valence-corrected chi connectivity index (χ3v) is 5.91. The summed E-state index contributed by atoms with van der Waals surface area (Å²) < 4.78 is 7.44. The predicted octanol–water partition coefficient (Wildman–Crippen LogP) is 4.26. The molecule has 0 aromatic heterocycles. The fourth-order valence-corrected chi connectivity index (χ4v) is 5.18. The van der Waals surface area contributed by atoms with E-state index < -0.39 is 5.06 Å². The van der Waals surface area contributed by atoms with Crippen molar-refractivity contribution in [2.24, 2.45) is 0 Å². The summed E-state index contributed by atoms with van der Waals surface area (Å²) in [5.74, 6) is 0. The molecule has 0 bridgehead atoms. The lowest BCUT2D eigenvalue weighted by Crippen LogP contribution is -2.61. The molecular formula is C19H37Cl2N3O. The number of unbranched alkanes of at least 4 members (excludes halogenated alkanes) is 3. The van der Waals surface area contributed by atoms with Crippen molar-refractivity contribution >= 4 is 23.4 Å². The first-order chi connectivity index (χ1) is 11.6. The molecule has 0 saturated carbocycles. The van der Waals surface area contributed by atoms with Gasteiger partial charge in [-0.15, -0.1) is 0 Å². The Balaban J connectivity index is 1.55. The Labute approximate surface area is 164 Å². The highest BCUT2D eigenvalue weighted by atomic mass is 35.5. The average molecular weight is 394 g/mol. The van der Waals surface area contributed by atoms with Crippen molar-refractivity contribution in [3.05, 3.63) is 0 Å². The zero-order valence-electron chi connectivity index (χ0n) is 16.5. The minimum atomic E-state index is -0.579. The second-order valence-electron chi connectivity index (χ2n) is 9.19. The maximum absolute atomic E-state index is 6.50. The topological polar surface area (TPSA) is 36.5 Å². The quantitative estimate of drug-likeness (QED) is 0.367. The first-order valence-electron chi connectivity index (χ1n) is 9.86. The van der Waals surface area contributed by atoms with Gasteiger partial charge in [0.15, 0.2) is 5.06 Å². The molecule has 0 aliphatic carbocycles. The normalized spacial score (nSPS) is 30.5. The molecule has 0 aromatic rings. The van der Waals surface area contributed by atoms with E-state index in [-0.39, 0.29) is 11.1 Å². The maximum Gasteiger partial charge on any atom is 0.155 e. The van der Waals surface area contributed by atoms with Crippen LogP contribution < -0.4 is 10.6 Å². The monoisotopic (exact) mass is 393 g/mol. The molecule has 0 amide bonds. The van der Waals surface area contributed by atoms with E-state index in [0.717, 1.165) is 25.9 Å². The summed E-state index contributed by atoms with van der Waals surface area (Å²) >= 11 is 12.6. The first-order valence-corrected chi connectivity index (χ1v) is 10.6. The number of halogens is 2. The van der Waals surface area contributed by atoms with Crippen LogP contribution in [0.2, 0.25) is 0 Å². The van der Waals surface area contributed by atoms with Crippen LogP contribution in [0.15, 0.2) is 0 Å². The van der Waals surface area contributed by atoms with Crippen molar-refractivity contribution in [2.75, 3.05) is 26.2 Å². The van der Waals surface area contributed by atoms with E-state index in [0.29, 0.717) is 19.2 Å². The number of ether oxygens (including phenoxy) is 1. The van der Waals surface area contributed by atoms with Gasteiger partial charge in [0.05, 0.1) is 13.2 Å². The number of alkyl halides is 1. The fraction of sp³-hybridized carbons (Fsp3) is 1.00. The molecule has 25 heavy (non-hydrogen) atoms. The summed E-state index contributed by atoms with van der Waals surface area (Å²) in [5, 5.41) is 6.93. The van der Waals surface area contributed by atoms with Crippen molar-refractivity contribution < 1.29 is 4.74 Å². The Bertz CT molecular complexity index is 403. The van der Waals surface area contributed by atoms with E-state index in [1.54, 1.807) is 4.42 Å². The van der Waals surface area contributed by atoms with Gasteiger partial charge in [0.2, 0.25) is 0 Å². The molecule has 2 heterocycles. The van der Waals surface area contributed by atoms with Gasteiger partial charge in [-0.3, -0.25) is 0 Å². The van der Waals surface area contributed by atoms with Gasteiger partial charge in [0, 0.05) is 23.7 Å². The Hall–Kier alpha value is 0.420. The van der Waals surface area contributed by atoms with Crippen molar-refractivity contribution in [1.29, 1.82) is 0 Å². The molecule has 0 spiro atoms. The molecule has 0 aromatic carbocycles. The van der Waals surface area contributed by atoms with Crippen LogP contribution in [-0.4, -0.2) is 52.8 Å². The van der Waals surface area contributed by atoms with E-state index in [2.05, 4.69) is 38.3 Å². The minimum absolute atomic E-state index is 0.213. The second-order valence-corrected chi connectivity index (χ2v) is 10.4. The molecule has 2 N–H and O–H groups in total. The second kappa shape index (κ2) is 9.07. The number of piperidine rings is 1. The van der Waals surface area contributed by atoms with E-state index in [1.165, 1.54) is 32.1 Å². The van der Waals surface area contributed by atoms with E-state index in [9.17, 15) is 0 Å². The van der Waals surface area contributed by atoms with Crippen molar-refractivity contribution in [2.45, 2.75) is 94.8 Å². The largest absolute Gasteiger partial charge is 0.357 e. The lowest BCUT2D eigenvalue weighted by atomic mass is 9.79. The highest BCUT2D eigenvalue weighted by Gasteiger charge is 2.37. The highest BCUT2D eigenvalue weighted by molar-refractivity contribution is 6.23. The molecule has 148 valence electrons. The smallest absolute Gasteiger partial charge is 0.155 e. The third kappa shape index (κ3) is 7.90. The van der Waals surface area contributed by atoms with Crippen LogP contribution in [0.1, 0.15) is 72.6 Å². The van der Waals surface area contributed by atoms with Crippen LogP contribution in [0.3, 0.4) is 0 Å². The SMILES string of the molecule is CC1(C)CC(NCCCCCCC2(Cl)CN(Cl)CCO2)CC(C)(C)N1. The molecular weight excluding hydrogens is 357 g/mol. The molecule has 1 atom stereocenters. The third-order valence-electron chi connectivity index (χ3n) is 5.20. The summed E-state index contributed by atoms with van der Waals surface area (Å²) in [7, 11) is 0. The number of nitrogens with one attached hydrogen (secondary N) is 2. The summed E-state index contributed by atoms with van der Waals surface area (Å²) in [6.45, 7) is 12.3. The summed E-state index contributed by atoms with van der Waals surface area (Å²) in [5.41, 5.74) is 0.425. The van der Waals surface area contributed by atoms with Crippen molar-refractivity contribution in [3.8, 4) is 0 Å². The van der Waals surface area contributed by atoms with Gasteiger partial charge >= 0.3 is 0 Å². The van der Waals surface area contributed by atoms with Crippen molar-refractivity contribution in [1.82, 2.24) is 15.1 Å². The number of rotatable bonds is 8. The Morgan fingerprint density at radius 2 is 1.72 bits per heavy atom. The average Bonchev–Trinajstić information content (AvgIpc) is 2.42. The van der Waals surface area contributed by atoms with Crippen LogP contribution in [0, 0.1) is 0 Å². The number of nitrogens with zero attached hydrogens (tertiary/aromatic N) is 1. The highest BCUT2D eigenvalue weighted by Crippen LogP contribution is 2.30. The zero-order valence-corrected chi connectivity index (χ0v) is 18.0. The van der Waals surface area contributed by atoms with Gasteiger partial charge in [-0.05, 0) is 78.1 Å². The fourth-order valence-electron chi connectivity index (χ4n) is 4.50. The van der Waals surface area contributed by atoms with Gasteiger partial charge in [0.1, 0.15) is 0 Å². The first kappa shape index (κ1) is 21.7. The maximum atomic E-state index is 6.50. The lowest BCUT2D eigenvalue weighted by Gasteiger charge is -2.46. The van der Waals surface area contributed by atoms with Crippen LogP contribution in [0.25, 0.3) is 0 Å². The van der Waals surface area contributed by atoms with Gasteiger partial charge in [-0.1, -0.05) is 24.4 Å². The van der Waals surface area contributed by atoms with E-state index >= 15 is 0 Å². The number of hydrogen-bond acceptors (Lipinski definition) is 4. The zero-order chi connectivity index (χ0) is 18.6. The number of hydrogen-bond donors (Lipinski definition) is 2. The van der Waals surface area contributed by atoms with Gasteiger partial charge in [-0.2, -0.15) is 0 Å².